The van der Waals surface area contributed by atoms with Crippen molar-refractivity contribution in [3.05, 3.63) is 39.9 Å². The van der Waals surface area contributed by atoms with Gasteiger partial charge in [-0.2, -0.15) is 0 Å². The maximum Gasteiger partial charge on any atom is 0.272 e. The summed E-state index contributed by atoms with van der Waals surface area (Å²) in [4.78, 5) is 10.4. The van der Waals surface area contributed by atoms with Crippen molar-refractivity contribution in [2.75, 3.05) is 26.8 Å². The Morgan fingerprint density at radius 2 is 2.12 bits per heavy atom. The quantitative estimate of drug-likeness (QED) is 0.426. The van der Waals surface area contributed by atoms with E-state index < -0.39 is 0 Å². The largest absolute Gasteiger partial charge is 0.383 e. The number of rotatable bonds is 8. The Hall–Kier alpha value is -1.46. The molecule has 0 aliphatic rings. The average Bonchev–Trinajstić information content (AvgIpc) is 2.34. The highest BCUT2D eigenvalue weighted by Gasteiger charge is 2.10. The normalized spacial score (nSPS) is 10.4. The number of para-hydroxylation sites is 1. The van der Waals surface area contributed by atoms with E-state index in [0.717, 1.165) is 31.5 Å². The number of benzene rings is 1. The van der Waals surface area contributed by atoms with Crippen molar-refractivity contribution in [1.29, 1.82) is 0 Å². The predicted molar refractivity (Wildman–Crippen MR) is 66.2 cm³/mol. The van der Waals surface area contributed by atoms with Gasteiger partial charge in [0.2, 0.25) is 0 Å². The molecule has 0 unspecified atom stereocenters. The van der Waals surface area contributed by atoms with E-state index in [1.807, 2.05) is 12.1 Å². The zero-order valence-electron chi connectivity index (χ0n) is 10.0. The number of hydrogen-bond donors (Lipinski definition) is 1. The summed E-state index contributed by atoms with van der Waals surface area (Å²) in [5.41, 5.74) is 1.01. The fraction of sp³-hybridized carbons (Fsp3) is 0.500. The van der Waals surface area contributed by atoms with Crippen molar-refractivity contribution < 1.29 is 9.66 Å². The lowest BCUT2D eigenvalue weighted by Crippen LogP contribution is -2.20. The molecule has 0 saturated carbocycles. The molecule has 1 aromatic carbocycles. The van der Waals surface area contributed by atoms with Crippen molar-refractivity contribution in [2.45, 2.75) is 12.8 Å². The molecule has 0 heterocycles. The van der Waals surface area contributed by atoms with Gasteiger partial charge >= 0.3 is 0 Å². The molecule has 5 heteroatoms. The first-order valence-electron chi connectivity index (χ1n) is 5.67. The number of ether oxygens (including phenoxy) is 1. The van der Waals surface area contributed by atoms with E-state index in [9.17, 15) is 10.1 Å². The fourth-order valence-electron chi connectivity index (χ4n) is 1.60. The van der Waals surface area contributed by atoms with Gasteiger partial charge in [0.25, 0.3) is 5.69 Å². The molecule has 0 atom stereocenters. The van der Waals surface area contributed by atoms with E-state index in [4.69, 9.17) is 4.74 Å². The second kappa shape index (κ2) is 7.76. The van der Waals surface area contributed by atoms with Gasteiger partial charge in [-0.25, -0.2) is 0 Å². The molecule has 1 rings (SSSR count). The van der Waals surface area contributed by atoms with Gasteiger partial charge in [-0.15, -0.1) is 0 Å². The highest BCUT2D eigenvalue weighted by atomic mass is 16.6. The van der Waals surface area contributed by atoms with Gasteiger partial charge in [-0.1, -0.05) is 18.2 Å². The molecule has 0 radical (unpaired) electrons. The molecule has 0 aromatic heterocycles. The van der Waals surface area contributed by atoms with Crippen molar-refractivity contribution in [3.8, 4) is 0 Å². The van der Waals surface area contributed by atoms with Gasteiger partial charge in [0, 0.05) is 25.3 Å². The molecule has 1 aromatic rings. The van der Waals surface area contributed by atoms with Crippen LogP contribution in [0.4, 0.5) is 5.69 Å². The number of hydrogen-bond acceptors (Lipinski definition) is 4. The van der Waals surface area contributed by atoms with Gasteiger partial charge < -0.3 is 10.1 Å². The second-order valence-corrected chi connectivity index (χ2v) is 3.73. The first-order chi connectivity index (χ1) is 8.25. The van der Waals surface area contributed by atoms with Crippen molar-refractivity contribution in [3.63, 3.8) is 0 Å². The number of aryl methyl sites for hydroxylation is 1. The molecular weight excluding hydrogens is 220 g/mol. The van der Waals surface area contributed by atoms with Crippen LogP contribution in [0.25, 0.3) is 0 Å². The summed E-state index contributed by atoms with van der Waals surface area (Å²) >= 11 is 0. The summed E-state index contributed by atoms with van der Waals surface area (Å²) in [6.07, 6.45) is 1.60. The lowest BCUT2D eigenvalue weighted by Gasteiger charge is -2.04. The minimum Gasteiger partial charge on any atom is -0.383 e. The van der Waals surface area contributed by atoms with Gasteiger partial charge in [0.1, 0.15) is 0 Å². The van der Waals surface area contributed by atoms with Crippen LogP contribution in [0, 0.1) is 10.1 Å². The molecule has 94 valence electrons. The van der Waals surface area contributed by atoms with Crippen molar-refractivity contribution >= 4 is 5.69 Å². The van der Waals surface area contributed by atoms with Gasteiger partial charge in [0.15, 0.2) is 0 Å². The van der Waals surface area contributed by atoms with E-state index in [-0.39, 0.29) is 10.6 Å². The van der Waals surface area contributed by atoms with Crippen LogP contribution in [-0.2, 0) is 11.2 Å². The SMILES string of the molecule is COCCNCCCc1ccccc1[N+](=O)[O-]. The molecule has 0 spiro atoms. The summed E-state index contributed by atoms with van der Waals surface area (Å²) in [6, 6.07) is 6.89. The van der Waals surface area contributed by atoms with E-state index in [1.165, 1.54) is 0 Å². The van der Waals surface area contributed by atoms with E-state index in [2.05, 4.69) is 5.32 Å². The Labute approximate surface area is 101 Å². The zero-order chi connectivity index (χ0) is 12.5. The van der Waals surface area contributed by atoms with Crippen LogP contribution in [-0.4, -0.2) is 31.7 Å². The lowest BCUT2D eigenvalue weighted by molar-refractivity contribution is -0.385. The van der Waals surface area contributed by atoms with Crippen LogP contribution >= 0.6 is 0 Å². The average molecular weight is 238 g/mol. The predicted octanol–water partition coefficient (Wildman–Crippen LogP) is 1.76. The molecule has 0 fully saturated rings. The molecule has 0 bridgehead atoms. The summed E-state index contributed by atoms with van der Waals surface area (Å²) in [6.45, 7) is 2.34. The van der Waals surface area contributed by atoms with Crippen molar-refractivity contribution in [1.82, 2.24) is 5.32 Å². The monoisotopic (exact) mass is 238 g/mol. The molecule has 0 aliphatic carbocycles. The maximum atomic E-state index is 10.8. The van der Waals surface area contributed by atoms with E-state index in [1.54, 1.807) is 19.2 Å². The molecule has 0 amide bonds. The second-order valence-electron chi connectivity index (χ2n) is 3.73. The van der Waals surface area contributed by atoms with Crippen LogP contribution < -0.4 is 5.32 Å². The number of nitro benzene ring substituents is 1. The van der Waals surface area contributed by atoms with E-state index >= 15 is 0 Å². The maximum absolute atomic E-state index is 10.8. The Bertz CT molecular complexity index is 355. The minimum absolute atomic E-state index is 0.212. The molecule has 1 N–H and O–H groups in total. The van der Waals surface area contributed by atoms with E-state index in [0.29, 0.717) is 6.61 Å². The third-order valence-corrected chi connectivity index (χ3v) is 2.47. The van der Waals surface area contributed by atoms with Gasteiger partial charge in [-0.3, -0.25) is 10.1 Å². The summed E-state index contributed by atoms with van der Waals surface area (Å²) in [5, 5.41) is 14.0. The first-order valence-corrected chi connectivity index (χ1v) is 5.67. The fourth-order valence-corrected chi connectivity index (χ4v) is 1.60. The standard InChI is InChI=1S/C12H18N2O3/c1-17-10-9-13-8-4-6-11-5-2-3-7-12(11)14(15)16/h2-3,5,7,13H,4,6,8-10H2,1H3. The Morgan fingerprint density at radius 1 is 1.35 bits per heavy atom. The topological polar surface area (TPSA) is 64.4 Å². The van der Waals surface area contributed by atoms with Crippen LogP contribution in [0.1, 0.15) is 12.0 Å². The Morgan fingerprint density at radius 3 is 2.82 bits per heavy atom. The Balaban J connectivity index is 2.34. The van der Waals surface area contributed by atoms with Gasteiger partial charge in [0.05, 0.1) is 11.5 Å². The lowest BCUT2D eigenvalue weighted by atomic mass is 10.1. The van der Waals surface area contributed by atoms with Crippen molar-refractivity contribution in [2.24, 2.45) is 0 Å². The third kappa shape index (κ3) is 4.93. The highest BCUT2D eigenvalue weighted by molar-refractivity contribution is 5.39. The molecule has 0 saturated heterocycles. The van der Waals surface area contributed by atoms with Crippen LogP contribution in [0.3, 0.4) is 0 Å². The summed E-state index contributed by atoms with van der Waals surface area (Å²) in [5.74, 6) is 0. The number of nitro groups is 1. The first kappa shape index (κ1) is 13.6. The molecule has 5 nitrogen and oxygen atoms in total. The highest BCUT2D eigenvalue weighted by Crippen LogP contribution is 2.18. The Kier molecular flexibility index (Phi) is 6.21. The summed E-state index contributed by atoms with van der Waals surface area (Å²) < 4.78 is 4.91. The molecular formula is C12H18N2O3. The van der Waals surface area contributed by atoms with Crippen LogP contribution in [0.5, 0.6) is 0 Å². The minimum atomic E-state index is -0.326. The van der Waals surface area contributed by atoms with Crippen LogP contribution in [0.15, 0.2) is 24.3 Å². The van der Waals surface area contributed by atoms with Gasteiger partial charge in [-0.05, 0) is 19.4 Å². The number of nitrogens with zero attached hydrogens (tertiary/aromatic N) is 1. The number of methoxy groups -OCH3 is 1. The molecule has 17 heavy (non-hydrogen) atoms. The smallest absolute Gasteiger partial charge is 0.272 e. The third-order valence-electron chi connectivity index (χ3n) is 2.47. The number of nitrogens with one attached hydrogen (secondary N) is 1. The summed E-state index contributed by atoms with van der Waals surface area (Å²) in [7, 11) is 1.66. The zero-order valence-corrected chi connectivity index (χ0v) is 10.0. The molecule has 0 aliphatic heterocycles. The van der Waals surface area contributed by atoms with Crippen LogP contribution in [0.2, 0.25) is 0 Å².